The molecule has 0 spiro atoms. The highest BCUT2D eigenvalue weighted by Gasteiger charge is 2.27. The van der Waals surface area contributed by atoms with Crippen molar-refractivity contribution in [1.29, 1.82) is 0 Å². The molecule has 1 aliphatic carbocycles. The van der Waals surface area contributed by atoms with E-state index in [0.717, 1.165) is 5.69 Å². The molecule has 0 fully saturated rings. The van der Waals surface area contributed by atoms with Gasteiger partial charge >= 0.3 is 0 Å². The van der Waals surface area contributed by atoms with Crippen LogP contribution in [0.2, 0.25) is 0 Å². The van der Waals surface area contributed by atoms with Gasteiger partial charge in [0.25, 0.3) is 0 Å². The first kappa shape index (κ1) is 27.9. The van der Waals surface area contributed by atoms with Crippen LogP contribution >= 0.6 is 0 Å². The lowest BCUT2D eigenvalue weighted by Crippen LogP contribution is -1.98. The van der Waals surface area contributed by atoms with Gasteiger partial charge in [-0.05, 0) is 74.3 Å². The zero-order chi connectivity index (χ0) is 33.9. The quantitative estimate of drug-likeness (QED) is 0.179. The number of rotatable bonds is 3. The van der Waals surface area contributed by atoms with Crippen molar-refractivity contribution < 1.29 is 0 Å². The third kappa shape index (κ3) is 3.63. The van der Waals surface area contributed by atoms with Crippen LogP contribution < -0.4 is 0 Å². The fraction of sp³-hybridized carbons (Fsp3) is 0. The van der Waals surface area contributed by atoms with Crippen molar-refractivity contribution in [1.82, 2.24) is 9.13 Å². The molecule has 2 heteroatoms. The molecule has 12 rings (SSSR count). The van der Waals surface area contributed by atoms with Gasteiger partial charge in [0, 0.05) is 38.2 Å². The van der Waals surface area contributed by atoms with Gasteiger partial charge in [-0.25, -0.2) is 0 Å². The van der Waals surface area contributed by atoms with Gasteiger partial charge < -0.3 is 9.13 Å². The summed E-state index contributed by atoms with van der Waals surface area (Å²) in [5, 5.41) is 10.2. The SMILES string of the molecule is c1ccc(-c2cccc(-n3c4c5ccccc5ccc4c4ccc5c(c6ccccc6n5-c5cccc6c5-c5cccc7cccc-6c57)c43)c2)cc1. The molecule has 0 saturated heterocycles. The Bertz CT molecular complexity index is 3280. The van der Waals surface area contributed by atoms with Crippen molar-refractivity contribution in [3.63, 3.8) is 0 Å². The Kier molecular flexibility index (Phi) is 5.53. The summed E-state index contributed by atoms with van der Waals surface area (Å²) in [6, 6.07) is 67.2. The highest BCUT2D eigenvalue weighted by Crippen LogP contribution is 2.51. The van der Waals surface area contributed by atoms with Gasteiger partial charge in [-0.15, -0.1) is 0 Å². The molecule has 0 aliphatic heterocycles. The summed E-state index contributed by atoms with van der Waals surface area (Å²) >= 11 is 0. The van der Waals surface area contributed by atoms with Crippen LogP contribution in [-0.2, 0) is 0 Å². The lowest BCUT2D eigenvalue weighted by Gasteiger charge is -2.15. The first-order valence-corrected chi connectivity index (χ1v) is 18.0. The van der Waals surface area contributed by atoms with E-state index in [9.17, 15) is 0 Å². The monoisotopic (exact) mass is 658 g/mol. The second-order valence-electron chi connectivity index (χ2n) is 14.1. The highest BCUT2D eigenvalue weighted by atomic mass is 15.0. The second-order valence-corrected chi connectivity index (χ2v) is 14.1. The van der Waals surface area contributed by atoms with E-state index in [1.807, 2.05) is 0 Å². The first-order valence-electron chi connectivity index (χ1n) is 18.0. The number of hydrogen-bond acceptors (Lipinski definition) is 0. The van der Waals surface area contributed by atoms with Crippen molar-refractivity contribution in [3.8, 4) is 44.8 Å². The predicted octanol–water partition coefficient (Wildman–Crippen LogP) is 13.5. The van der Waals surface area contributed by atoms with E-state index in [2.05, 4.69) is 191 Å². The van der Waals surface area contributed by atoms with Crippen LogP contribution in [0.1, 0.15) is 0 Å². The van der Waals surface area contributed by atoms with Gasteiger partial charge in [-0.3, -0.25) is 0 Å². The van der Waals surface area contributed by atoms with Crippen LogP contribution in [0.5, 0.6) is 0 Å². The number of para-hydroxylation sites is 1. The maximum absolute atomic E-state index is 2.55. The average Bonchev–Trinajstić information content (AvgIpc) is 3.85. The molecular weight excluding hydrogens is 629 g/mol. The zero-order valence-corrected chi connectivity index (χ0v) is 28.2. The summed E-state index contributed by atoms with van der Waals surface area (Å²) in [4.78, 5) is 0. The smallest absolute Gasteiger partial charge is 0.0641 e. The van der Waals surface area contributed by atoms with Crippen molar-refractivity contribution >= 4 is 65.2 Å². The number of aromatic nitrogens is 2. The standard InChI is InChI=1S/C50H30N2/c1-2-12-31(13-3-1)34-17-8-18-35(30-34)51-49-36-19-5-4-14-32(36)26-27-39(49)40-28-29-45-48(50(40)51)41-20-6-7-24-43(41)52(45)44-25-11-22-38-37-21-9-15-33-16-10-23-42(46(33)37)47(38)44/h1-30H. The minimum atomic E-state index is 1.16. The minimum absolute atomic E-state index is 1.16. The molecular formula is C50H30N2. The maximum Gasteiger partial charge on any atom is 0.0641 e. The lowest BCUT2D eigenvalue weighted by atomic mass is 10.0. The first-order chi connectivity index (χ1) is 25.8. The summed E-state index contributed by atoms with van der Waals surface area (Å²) < 4.78 is 5.07. The maximum atomic E-state index is 2.55. The van der Waals surface area contributed by atoms with Crippen molar-refractivity contribution in [2.45, 2.75) is 0 Å². The number of fused-ring (bicyclic) bond motifs is 12. The molecule has 2 nitrogen and oxygen atoms in total. The van der Waals surface area contributed by atoms with Crippen LogP contribution in [-0.4, -0.2) is 9.13 Å². The number of hydrogen-bond donors (Lipinski definition) is 0. The van der Waals surface area contributed by atoms with Crippen molar-refractivity contribution in [3.05, 3.63) is 182 Å². The second kappa shape index (κ2) is 10.3. The van der Waals surface area contributed by atoms with E-state index in [1.54, 1.807) is 0 Å². The summed E-state index contributed by atoms with van der Waals surface area (Å²) in [5.74, 6) is 0. The van der Waals surface area contributed by atoms with Gasteiger partial charge in [0.15, 0.2) is 0 Å². The van der Waals surface area contributed by atoms with E-state index in [-0.39, 0.29) is 0 Å². The zero-order valence-electron chi connectivity index (χ0n) is 28.2. The average molecular weight is 659 g/mol. The molecule has 1 aliphatic rings. The molecule has 0 N–H and O–H groups in total. The molecule has 2 heterocycles. The Balaban J connectivity index is 1.25. The Morgan fingerprint density at radius 1 is 0.327 bits per heavy atom. The van der Waals surface area contributed by atoms with Crippen LogP contribution in [0.25, 0.3) is 110 Å². The lowest BCUT2D eigenvalue weighted by molar-refractivity contribution is 1.18. The third-order valence-corrected chi connectivity index (χ3v) is 11.4. The predicted molar refractivity (Wildman–Crippen MR) is 220 cm³/mol. The van der Waals surface area contributed by atoms with Crippen molar-refractivity contribution in [2.24, 2.45) is 0 Å². The summed E-state index contributed by atoms with van der Waals surface area (Å²) in [6.45, 7) is 0. The minimum Gasteiger partial charge on any atom is -0.309 e. The fourth-order valence-corrected chi connectivity index (χ4v) is 9.30. The van der Waals surface area contributed by atoms with E-state index < -0.39 is 0 Å². The van der Waals surface area contributed by atoms with Crippen molar-refractivity contribution in [2.75, 3.05) is 0 Å². The molecule has 0 bridgehead atoms. The molecule has 0 atom stereocenters. The normalized spacial score (nSPS) is 12.2. The Morgan fingerprint density at radius 3 is 1.90 bits per heavy atom. The van der Waals surface area contributed by atoms with Gasteiger partial charge in [0.2, 0.25) is 0 Å². The summed E-state index contributed by atoms with van der Waals surface area (Å²) in [7, 11) is 0. The van der Waals surface area contributed by atoms with Crippen LogP contribution in [0.4, 0.5) is 0 Å². The van der Waals surface area contributed by atoms with E-state index in [0.29, 0.717) is 0 Å². The Morgan fingerprint density at radius 2 is 1.00 bits per heavy atom. The number of nitrogens with zero attached hydrogens (tertiary/aromatic N) is 2. The molecule has 0 amide bonds. The third-order valence-electron chi connectivity index (χ3n) is 11.4. The topological polar surface area (TPSA) is 9.86 Å². The Hall–Kier alpha value is -6.90. The van der Waals surface area contributed by atoms with Crippen LogP contribution in [0.3, 0.4) is 0 Å². The molecule has 2 aromatic heterocycles. The van der Waals surface area contributed by atoms with E-state index in [1.165, 1.54) is 104 Å². The molecule has 0 saturated carbocycles. The highest BCUT2D eigenvalue weighted by molar-refractivity contribution is 6.29. The van der Waals surface area contributed by atoms with Crippen LogP contribution in [0, 0.1) is 0 Å². The van der Waals surface area contributed by atoms with Gasteiger partial charge in [-0.1, -0.05) is 152 Å². The van der Waals surface area contributed by atoms with E-state index in [4.69, 9.17) is 0 Å². The summed E-state index contributed by atoms with van der Waals surface area (Å²) in [5.41, 5.74) is 14.9. The Labute approximate surface area is 300 Å². The van der Waals surface area contributed by atoms with Gasteiger partial charge in [-0.2, -0.15) is 0 Å². The molecule has 240 valence electrons. The molecule has 52 heavy (non-hydrogen) atoms. The molecule has 0 radical (unpaired) electrons. The largest absolute Gasteiger partial charge is 0.309 e. The molecule has 9 aromatic carbocycles. The summed E-state index contributed by atoms with van der Waals surface area (Å²) in [6.07, 6.45) is 0. The fourth-order valence-electron chi connectivity index (χ4n) is 9.30. The van der Waals surface area contributed by atoms with E-state index >= 15 is 0 Å². The van der Waals surface area contributed by atoms with Crippen LogP contribution in [0.15, 0.2) is 182 Å². The van der Waals surface area contributed by atoms with Gasteiger partial charge in [0.05, 0.1) is 27.8 Å². The van der Waals surface area contributed by atoms with Gasteiger partial charge in [0.1, 0.15) is 0 Å². The molecule has 0 unspecified atom stereocenters. The molecule has 11 aromatic rings. The number of benzene rings is 9.